The molecule has 5 aromatic rings. The third-order valence-corrected chi connectivity index (χ3v) is 9.69. The molecule has 52 heavy (non-hydrogen) atoms. The number of ether oxygens (including phenoxy) is 3. The Bertz CT molecular complexity index is 2090. The molecular weight excluding hydrogens is 665 g/mol. The number of methoxy groups -OCH3 is 2. The molecule has 1 atom stereocenters. The Kier molecular flexibility index (Phi) is 10.3. The van der Waals surface area contributed by atoms with Crippen LogP contribution < -0.4 is 10.1 Å². The van der Waals surface area contributed by atoms with Crippen molar-refractivity contribution >= 4 is 34.0 Å². The number of nitrogens with one attached hydrogen (secondary N) is 2. The second-order valence-electron chi connectivity index (χ2n) is 12.9. The summed E-state index contributed by atoms with van der Waals surface area (Å²) < 4.78 is 31.1. The molecule has 0 saturated carbocycles. The quantitative estimate of drug-likeness (QED) is 0.168. The molecule has 7 rings (SSSR count). The lowest BCUT2D eigenvalue weighted by Crippen LogP contribution is -2.48. The van der Waals surface area contributed by atoms with Crippen LogP contribution in [0.4, 0.5) is 10.1 Å². The molecule has 2 aliphatic heterocycles. The van der Waals surface area contributed by atoms with Gasteiger partial charge in [-0.15, -0.1) is 0 Å². The van der Waals surface area contributed by atoms with E-state index in [0.29, 0.717) is 60.8 Å². The van der Waals surface area contributed by atoms with Crippen LogP contribution in [0, 0.1) is 5.82 Å². The number of nitrogens with zero attached hydrogens (tertiary/aromatic N) is 5. The molecule has 1 fully saturated rings. The predicted octanol–water partition coefficient (Wildman–Crippen LogP) is 5.20. The molecule has 1 saturated heterocycles. The molecule has 4 heterocycles. The summed E-state index contributed by atoms with van der Waals surface area (Å²) >= 11 is 0. The Balaban J connectivity index is 0.957. The smallest absolute Gasteiger partial charge is 0.258 e. The highest BCUT2D eigenvalue weighted by Gasteiger charge is 2.45. The summed E-state index contributed by atoms with van der Waals surface area (Å²) in [5, 5.41) is 11.1. The number of carbonyl (C=O) groups is 2. The number of aromatic nitrogens is 4. The van der Waals surface area contributed by atoms with E-state index < -0.39 is 11.4 Å². The molecule has 3 aromatic carbocycles. The number of rotatable bonds is 12. The van der Waals surface area contributed by atoms with E-state index in [-0.39, 0.29) is 37.3 Å². The summed E-state index contributed by atoms with van der Waals surface area (Å²) in [5.41, 5.74) is 4.54. The minimum Gasteiger partial charge on any atom is -0.488 e. The molecule has 0 bridgehead atoms. The zero-order chi connectivity index (χ0) is 36.1. The number of anilines is 1. The lowest BCUT2D eigenvalue weighted by molar-refractivity contribution is -0.138. The summed E-state index contributed by atoms with van der Waals surface area (Å²) in [5.74, 6) is 0.0253. The number of likely N-dealkylation sites (tertiary alicyclic amines) is 1. The van der Waals surface area contributed by atoms with Crippen molar-refractivity contribution in [2.75, 3.05) is 65.5 Å². The monoisotopic (exact) mass is 705 g/mol. The standard InChI is InChI=1S/C39H40FN7O5/c1-50-20-21-52-34-11-8-29(22-32(34)40)36-31-23-30(9-10-33(31)44-45-36)43-38(49)39(51-2)14-19-46(25-39)24-35(48)47-17-12-27(13-18-47)26-4-6-28(7-5-26)37-41-15-3-16-42-37/h3-12,15-16,22-23H,13-14,17-21,24-25H2,1-2H3,(H,43,49)(H,44,45)/t39-/m0/s1. The second-order valence-corrected chi connectivity index (χ2v) is 12.9. The average molecular weight is 706 g/mol. The maximum Gasteiger partial charge on any atom is 0.258 e. The van der Waals surface area contributed by atoms with Crippen molar-refractivity contribution in [3.05, 3.63) is 96.6 Å². The molecular formula is C39H40FN7O5. The van der Waals surface area contributed by atoms with Gasteiger partial charge < -0.3 is 24.4 Å². The first-order valence-corrected chi connectivity index (χ1v) is 17.2. The Hall–Kier alpha value is -5.50. The lowest BCUT2D eigenvalue weighted by atomic mass is 9.98. The van der Waals surface area contributed by atoms with Crippen LogP contribution in [0.3, 0.4) is 0 Å². The van der Waals surface area contributed by atoms with Crippen LogP contribution in [-0.4, -0.2) is 108 Å². The van der Waals surface area contributed by atoms with E-state index in [2.05, 4.69) is 43.7 Å². The number of hydrogen-bond acceptors (Lipinski definition) is 9. The van der Waals surface area contributed by atoms with Gasteiger partial charge in [-0.1, -0.05) is 30.3 Å². The van der Waals surface area contributed by atoms with Gasteiger partial charge in [-0.05, 0) is 66.4 Å². The van der Waals surface area contributed by atoms with Gasteiger partial charge in [0.25, 0.3) is 5.91 Å². The SMILES string of the molecule is COCCOc1ccc(-c2n[nH]c3ccc(NC(=O)[C@]4(OC)CCN(CC(=O)N5CC=C(c6ccc(-c7ncccn7)cc6)CC5)C4)cc23)cc1F. The maximum absolute atomic E-state index is 14.8. The van der Waals surface area contributed by atoms with E-state index in [0.717, 1.165) is 23.1 Å². The summed E-state index contributed by atoms with van der Waals surface area (Å²) in [6.45, 7) is 2.75. The largest absolute Gasteiger partial charge is 0.488 e. The first-order chi connectivity index (χ1) is 25.4. The predicted molar refractivity (Wildman–Crippen MR) is 195 cm³/mol. The highest BCUT2D eigenvalue weighted by atomic mass is 19.1. The van der Waals surface area contributed by atoms with Crippen molar-refractivity contribution in [1.29, 1.82) is 0 Å². The van der Waals surface area contributed by atoms with Crippen molar-refractivity contribution < 1.29 is 28.2 Å². The number of amides is 2. The minimum absolute atomic E-state index is 0.0168. The van der Waals surface area contributed by atoms with E-state index >= 15 is 0 Å². The molecule has 0 spiro atoms. The Morgan fingerprint density at radius 1 is 0.962 bits per heavy atom. The topological polar surface area (TPSA) is 135 Å². The van der Waals surface area contributed by atoms with Crippen molar-refractivity contribution in [3.8, 4) is 28.4 Å². The molecule has 2 aromatic heterocycles. The highest BCUT2D eigenvalue weighted by Crippen LogP contribution is 2.33. The fraction of sp³-hybridized carbons (Fsp3) is 0.308. The third kappa shape index (κ3) is 7.42. The van der Waals surface area contributed by atoms with E-state index in [1.807, 2.05) is 28.0 Å². The Labute approximate surface area is 300 Å². The van der Waals surface area contributed by atoms with Gasteiger partial charge >= 0.3 is 0 Å². The van der Waals surface area contributed by atoms with Gasteiger partial charge in [0.2, 0.25) is 5.91 Å². The molecule has 0 aliphatic carbocycles. The third-order valence-electron chi connectivity index (χ3n) is 9.69. The first kappa shape index (κ1) is 34.9. The van der Waals surface area contributed by atoms with Crippen molar-refractivity contribution in [1.82, 2.24) is 30.0 Å². The van der Waals surface area contributed by atoms with Crippen LogP contribution >= 0.6 is 0 Å². The van der Waals surface area contributed by atoms with Crippen LogP contribution in [0.15, 0.2) is 85.2 Å². The molecule has 12 nitrogen and oxygen atoms in total. The molecule has 2 N–H and O–H groups in total. The maximum atomic E-state index is 14.8. The van der Waals surface area contributed by atoms with Crippen LogP contribution in [0.5, 0.6) is 5.75 Å². The van der Waals surface area contributed by atoms with Gasteiger partial charge in [-0.3, -0.25) is 19.6 Å². The minimum atomic E-state index is -1.12. The number of halogens is 1. The van der Waals surface area contributed by atoms with Crippen LogP contribution in [0.25, 0.3) is 39.1 Å². The first-order valence-electron chi connectivity index (χ1n) is 17.2. The van der Waals surface area contributed by atoms with Gasteiger partial charge in [0.05, 0.1) is 18.7 Å². The fourth-order valence-corrected chi connectivity index (χ4v) is 6.73. The zero-order valence-electron chi connectivity index (χ0n) is 29.1. The summed E-state index contributed by atoms with van der Waals surface area (Å²) in [7, 11) is 3.08. The molecule has 13 heteroatoms. The fourth-order valence-electron chi connectivity index (χ4n) is 6.73. The van der Waals surface area contributed by atoms with Gasteiger partial charge in [0.15, 0.2) is 23.0 Å². The lowest BCUT2D eigenvalue weighted by Gasteiger charge is -2.30. The van der Waals surface area contributed by atoms with Crippen molar-refractivity contribution in [2.24, 2.45) is 0 Å². The molecule has 0 unspecified atom stereocenters. The van der Waals surface area contributed by atoms with E-state index in [1.165, 1.54) is 18.7 Å². The van der Waals surface area contributed by atoms with Gasteiger partial charge in [-0.25, -0.2) is 14.4 Å². The Morgan fingerprint density at radius 2 is 1.75 bits per heavy atom. The number of H-pyrrole nitrogens is 1. The molecule has 268 valence electrons. The average Bonchev–Trinajstić information content (AvgIpc) is 3.81. The number of aromatic amines is 1. The Morgan fingerprint density at radius 3 is 2.48 bits per heavy atom. The summed E-state index contributed by atoms with van der Waals surface area (Å²) in [4.78, 5) is 39.5. The van der Waals surface area contributed by atoms with E-state index in [1.54, 1.807) is 49.8 Å². The van der Waals surface area contributed by atoms with Gasteiger partial charge in [-0.2, -0.15) is 5.10 Å². The van der Waals surface area contributed by atoms with E-state index in [9.17, 15) is 14.0 Å². The van der Waals surface area contributed by atoms with E-state index in [4.69, 9.17) is 14.2 Å². The van der Waals surface area contributed by atoms with Crippen molar-refractivity contribution in [2.45, 2.75) is 18.4 Å². The van der Waals surface area contributed by atoms with Crippen LogP contribution in [0.2, 0.25) is 0 Å². The summed E-state index contributed by atoms with van der Waals surface area (Å²) in [6, 6.07) is 20.0. The number of hydrogen-bond donors (Lipinski definition) is 2. The molecule has 2 amide bonds. The number of carbonyl (C=O) groups excluding carboxylic acids is 2. The normalized spacial score (nSPS) is 17.7. The highest BCUT2D eigenvalue weighted by molar-refractivity contribution is 6.01. The van der Waals surface area contributed by atoms with Crippen LogP contribution in [0.1, 0.15) is 18.4 Å². The molecule has 2 aliphatic rings. The van der Waals surface area contributed by atoms with Gasteiger partial charge in [0, 0.05) is 75.0 Å². The molecule has 0 radical (unpaired) electrons. The zero-order valence-corrected chi connectivity index (χ0v) is 29.1. The van der Waals surface area contributed by atoms with Crippen molar-refractivity contribution in [3.63, 3.8) is 0 Å². The summed E-state index contributed by atoms with van der Waals surface area (Å²) in [6.07, 6.45) is 6.76. The second kappa shape index (κ2) is 15.4. The number of fused-ring (bicyclic) bond motifs is 1. The van der Waals surface area contributed by atoms with Crippen LogP contribution in [-0.2, 0) is 19.1 Å². The van der Waals surface area contributed by atoms with Gasteiger partial charge in [0.1, 0.15) is 12.3 Å². The number of benzene rings is 3.